The van der Waals surface area contributed by atoms with E-state index in [1.165, 1.54) is 24.3 Å². The van der Waals surface area contributed by atoms with Crippen molar-refractivity contribution in [1.82, 2.24) is 0 Å². The maximum absolute atomic E-state index is 12.7. The largest absolute Gasteiger partial charge is 0.744 e. The van der Waals surface area contributed by atoms with E-state index in [1.54, 1.807) is 55.5 Å². The van der Waals surface area contributed by atoms with Crippen molar-refractivity contribution in [2.45, 2.75) is 30.6 Å². The van der Waals surface area contributed by atoms with Crippen LogP contribution in [0.15, 0.2) is 148 Å². The Balaban J connectivity index is 0.000000265. The van der Waals surface area contributed by atoms with Crippen molar-refractivity contribution < 1.29 is 35.3 Å². The second-order valence-electron chi connectivity index (χ2n) is 12.6. The number of nitrogens with two attached hydrogens (primary N) is 3. The molecule has 0 radical (unpaired) electrons. The van der Waals surface area contributed by atoms with Crippen LogP contribution in [0.4, 0.5) is 22.7 Å². The molecule has 0 saturated heterocycles. The Morgan fingerprint density at radius 1 is 0.719 bits per heavy atom. The maximum Gasteiger partial charge on any atom is 0.294 e. The zero-order valence-electron chi connectivity index (χ0n) is 31.4. The lowest BCUT2D eigenvalue weighted by atomic mass is 10.1. The van der Waals surface area contributed by atoms with Crippen LogP contribution < -0.4 is 32.4 Å². The van der Waals surface area contributed by atoms with Crippen LogP contribution in [0.25, 0.3) is 10.9 Å². The summed E-state index contributed by atoms with van der Waals surface area (Å²) in [7, 11) is -6.31. The molecule has 6 aromatic rings. The Hall–Kier alpha value is -6.66. The summed E-state index contributed by atoms with van der Waals surface area (Å²) < 4.78 is 62.7. The summed E-state index contributed by atoms with van der Waals surface area (Å²) >= 11 is 0. The highest BCUT2D eigenvalue weighted by atomic mass is 32.2. The minimum absolute atomic E-state index is 0.0666. The lowest BCUT2D eigenvalue weighted by molar-refractivity contribution is -0.644. The van der Waals surface area contributed by atoms with Crippen molar-refractivity contribution in [3.05, 3.63) is 150 Å². The van der Waals surface area contributed by atoms with Gasteiger partial charge in [-0.15, -0.1) is 5.10 Å². The zero-order valence-corrected chi connectivity index (χ0v) is 33.0. The number of anilines is 4. The Morgan fingerprint density at radius 3 is 1.77 bits per heavy atom. The third-order valence-corrected chi connectivity index (χ3v) is 9.80. The van der Waals surface area contributed by atoms with Crippen LogP contribution in [-0.2, 0) is 27.3 Å². The van der Waals surface area contributed by atoms with Gasteiger partial charge < -0.3 is 32.4 Å². The molecule has 0 atom stereocenters. The van der Waals surface area contributed by atoms with E-state index in [2.05, 4.69) is 20.8 Å². The molecule has 15 nitrogen and oxygen atoms in total. The number of carbonyl (C=O) groups is 1. The molecule has 5 aromatic carbocycles. The number of hydrogen-bond acceptors (Lipinski definition) is 10. The normalized spacial score (nSPS) is 11.3. The third kappa shape index (κ3) is 13.0. The lowest BCUT2D eigenvalue weighted by Gasteiger charge is -2.10. The highest BCUT2D eigenvalue weighted by Gasteiger charge is 2.12. The molecule has 0 spiro atoms. The van der Waals surface area contributed by atoms with Gasteiger partial charge in [-0.05, 0) is 99.1 Å². The lowest BCUT2D eigenvalue weighted by Crippen LogP contribution is -2.28. The van der Waals surface area contributed by atoms with Gasteiger partial charge in [0.2, 0.25) is 11.5 Å². The van der Waals surface area contributed by atoms with Gasteiger partial charge in [0, 0.05) is 34.8 Å². The molecular formula is C40H42N8O7S2. The number of aryl methyl sites for hydroxylation is 3. The van der Waals surface area contributed by atoms with Gasteiger partial charge in [-0.3, -0.25) is 9.35 Å². The monoisotopic (exact) mass is 810 g/mol. The topological polar surface area (TPSA) is 259 Å². The number of amides is 1. The number of nitrogens with one attached hydrogen (secondary N) is 2. The SMILES string of the molecule is C/C(=N\N=C(N)N)c1ccc(NC(=O)c2ccc(Nc3cc[n+](C)c4cc(N)ccc34)cc2)cc1.Cc1ccc(S(=O)(=O)O)cc1.Cc1ccc(S(=O)(=O)[O-])cc1. The van der Waals surface area contributed by atoms with Crippen LogP contribution in [0.1, 0.15) is 34.0 Å². The second-order valence-corrected chi connectivity index (χ2v) is 15.4. The first-order valence-corrected chi connectivity index (χ1v) is 19.8. The molecule has 6 rings (SSSR count). The average molecular weight is 811 g/mol. The molecule has 9 N–H and O–H groups in total. The van der Waals surface area contributed by atoms with Crippen molar-refractivity contribution in [2.24, 2.45) is 28.7 Å². The maximum atomic E-state index is 12.7. The molecule has 1 amide bonds. The Labute approximate surface area is 331 Å². The number of nitrogen functional groups attached to an aromatic ring is 1. The van der Waals surface area contributed by atoms with Crippen molar-refractivity contribution in [2.75, 3.05) is 16.4 Å². The van der Waals surface area contributed by atoms with Crippen molar-refractivity contribution >= 4 is 71.5 Å². The quantitative estimate of drug-likeness (QED) is 0.0284. The van der Waals surface area contributed by atoms with Crippen LogP contribution in [0.5, 0.6) is 0 Å². The van der Waals surface area contributed by atoms with Crippen LogP contribution in [0.3, 0.4) is 0 Å². The van der Waals surface area contributed by atoms with Gasteiger partial charge >= 0.3 is 0 Å². The summed E-state index contributed by atoms with van der Waals surface area (Å²) in [5.41, 5.74) is 24.7. The van der Waals surface area contributed by atoms with E-state index in [4.69, 9.17) is 21.8 Å². The fourth-order valence-corrected chi connectivity index (χ4v) is 5.95. The van der Waals surface area contributed by atoms with E-state index in [9.17, 15) is 26.2 Å². The van der Waals surface area contributed by atoms with E-state index in [0.29, 0.717) is 22.6 Å². The molecular weight excluding hydrogens is 769 g/mol. The van der Waals surface area contributed by atoms with Crippen LogP contribution in [-0.4, -0.2) is 43.5 Å². The molecule has 296 valence electrons. The second kappa shape index (κ2) is 18.8. The molecule has 0 bridgehead atoms. The zero-order chi connectivity index (χ0) is 41.9. The summed E-state index contributed by atoms with van der Waals surface area (Å²) in [5.74, 6) is -0.311. The highest BCUT2D eigenvalue weighted by molar-refractivity contribution is 7.86. The molecule has 0 aliphatic heterocycles. The van der Waals surface area contributed by atoms with E-state index in [0.717, 1.165) is 39.0 Å². The molecule has 57 heavy (non-hydrogen) atoms. The van der Waals surface area contributed by atoms with Gasteiger partial charge in [0.05, 0.1) is 26.6 Å². The molecule has 1 aromatic heterocycles. The highest BCUT2D eigenvalue weighted by Crippen LogP contribution is 2.26. The van der Waals surface area contributed by atoms with Gasteiger partial charge in [-0.2, -0.15) is 13.5 Å². The fourth-order valence-electron chi connectivity index (χ4n) is 5.00. The van der Waals surface area contributed by atoms with Gasteiger partial charge in [0.25, 0.3) is 16.0 Å². The Kier molecular flexibility index (Phi) is 14.2. The molecule has 0 fully saturated rings. The number of rotatable bonds is 8. The van der Waals surface area contributed by atoms with Crippen LogP contribution in [0, 0.1) is 13.8 Å². The van der Waals surface area contributed by atoms with Crippen molar-refractivity contribution in [3.8, 4) is 0 Å². The standard InChI is InChI=1S/C26H26N8O.2C7H8O3S/c1-16(32-33-26(28)29)17-3-8-21(9-4-17)31-25(35)18-5-10-20(11-6-18)30-23-13-14-34(2)24-15-19(27)7-12-22(23)24;2*1-6-2-4-7(5-3-6)11(8,9)10/h3-15H,1-2H3,(H7,27,28,29,30,31,32,33,35);2*2-5H,1H3,(H,8,9,10). The van der Waals surface area contributed by atoms with E-state index >= 15 is 0 Å². The molecule has 1 heterocycles. The van der Waals surface area contributed by atoms with Gasteiger partial charge in [0.1, 0.15) is 17.2 Å². The van der Waals surface area contributed by atoms with Gasteiger partial charge in [-0.1, -0.05) is 47.5 Å². The van der Waals surface area contributed by atoms with Crippen LogP contribution >= 0.6 is 0 Å². The number of carbonyl (C=O) groups excluding carboxylic acids is 1. The summed E-state index contributed by atoms with van der Waals surface area (Å²) in [6.45, 7) is 5.46. The number of aromatic nitrogens is 1. The predicted molar refractivity (Wildman–Crippen MR) is 222 cm³/mol. The molecule has 17 heteroatoms. The van der Waals surface area contributed by atoms with Crippen molar-refractivity contribution in [3.63, 3.8) is 0 Å². The number of hydrogen-bond donors (Lipinski definition) is 6. The minimum Gasteiger partial charge on any atom is -0.744 e. The molecule has 0 aliphatic carbocycles. The molecule has 0 saturated carbocycles. The predicted octanol–water partition coefficient (Wildman–Crippen LogP) is 5.38. The first-order valence-electron chi connectivity index (χ1n) is 17.0. The Morgan fingerprint density at radius 2 is 1.25 bits per heavy atom. The molecule has 0 aliphatic rings. The number of fused-ring (bicyclic) bond motifs is 1. The summed E-state index contributed by atoms with van der Waals surface area (Å²) in [4.78, 5) is 12.5. The number of nitrogens with zero attached hydrogens (tertiary/aromatic N) is 3. The average Bonchev–Trinajstić information content (AvgIpc) is 3.16. The number of benzene rings is 5. The van der Waals surface area contributed by atoms with E-state index in [-0.39, 0.29) is 21.7 Å². The van der Waals surface area contributed by atoms with Crippen LogP contribution in [0.2, 0.25) is 0 Å². The summed E-state index contributed by atoms with van der Waals surface area (Å²) in [6, 6.07) is 34.2. The van der Waals surface area contributed by atoms with E-state index < -0.39 is 20.2 Å². The van der Waals surface area contributed by atoms with Gasteiger partial charge in [-0.25, -0.2) is 13.0 Å². The van der Waals surface area contributed by atoms with E-state index in [1.807, 2.05) is 80.2 Å². The third-order valence-electron chi connectivity index (χ3n) is 8.09. The smallest absolute Gasteiger partial charge is 0.294 e. The van der Waals surface area contributed by atoms with Crippen molar-refractivity contribution in [1.29, 1.82) is 0 Å². The summed E-state index contributed by atoms with van der Waals surface area (Å²) in [5, 5.41) is 15.0. The fraction of sp³-hybridized carbons (Fsp3) is 0.100. The number of guanidine groups is 1. The first-order chi connectivity index (χ1) is 26.8. The summed E-state index contributed by atoms with van der Waals surface area (Å²) in [6.07, 6.45) is 1.98. The number of pyridine rings is 1. The Bertz CT molecular complexity index is 2560. The van der Waals surface area contributed by atoms with Gasteiger partial charge in [0.15, 0.2) is 6.20 Å². The first kappa shape index (κ1) is 43.1. The minimum atomic E-state index is -4.27. The molecule has 0 unspecified atom stereocenters.